The molecule has 7 nitrogen and oxygen atoms in total. The number of nitrogens with zero attached hydrogens (tertiary/aromatic N) is 1. The van der Waals surface area contributed by atoms with Gasteiger partial charge in [-0.15, -0.1) is 16.8 Å². The van der Waals surface area contributed by atoms with Gasteiger partial charge in [0.1, 0.15) is 0 Å². The summed E-state index contributed by atoms with van der Waals surface area (Å²) in [5.41, 5.74) is 0.426. The summed E-state index contributed by atoms with van der Waals surface area (Å²) in [6, 6.07) is 3.06. The van der Waals surface area contributed by atoms with Crippen LogP contribution in [0.1, 0.15) is 18.4 Å². The maximum absolute atomic E-state index is 11.8. The Morgan fingerprint density at radius 1 is 1.19 bits per heavy atom. The summed E-state index contributed by atoms with van der Waals surface area (Å²) in [6.07, 6.45) is 2.40. The lowest BCUT2D eigenvalue weighted by Crippen LogP contribution is -2.31. The Balaban J connectivity index is 2.04. The molecule has 1 aliphatic rings. The summed E-state index contributed by atoms with van der Waals surface area (Å²) >= 11 is 13.4. The Kier molecular flexibility index (Phi) is 7.07. The number of methoxy groups -OCH3 is 1. The molecule has 1 fully saturated rings. The summed E-state index contributed by atoms with van der Waals surface area (Å²) < 4.78 is 4.55. The van der Waals surface area contributed by atoms with Crippen molar-refractivity contribution in [1.82, 2.24) is 5.06 Å². The normalized spacial score (nSPS) is 14.2. The molecule has 1 aromatic carbocycles. The molecule has 138 valence electrons. The number of hydrogen-bond donors (Lipinski definition) is 0. The predicted octanol–water partition coefficient (Wildman–Crippen LogP) is 2.88. The Labute approximate surface area is 163 Å². The van der Waals surface area contributed by atoms with Crippen molar-refractivity contribution in [1.29, 1.82) is 0 Å². The van der Waals surface area contributed by atoms with Gasteiger partial charge in [0.2, 0.25) is 0 Å². The summed E-state index contributed by atoms with van der Waals surface area (Å²) in [6.45, 7) is 0. The number of halogens is 2. The van der Waals surface area contributed by atoms with Crippen molar-refractivity contribution in [2.75, 3.05) is 12.9 Å². The van der Waals surface area contributed by atoms with Gasteiger partial charge >= 0.3 is 11.9 Å². The Morgan fingerprint density at radius 3 is 2.46 bits per heavy atom. The van der Waals surface area contributed by atoms with Gasteiger partial charge in [-0.3, -0.25) is 14.4 Å². The Morgan fingerprint density at radius 2 is 1.85 bits per heavy atom. The fraction of sp³-hybridized carbons (Fsp3) is 0.250. The number of hydroxylamine groups is 2. The van der Waals surface area contributed by atoms with Crippen LogP contribution in [0.2, 0.25) is 10.0 Å². The molecule has 0 aromatic heterocycles. The Bertz CT molecular complexity index is 779. The van der Waals surface area contributed by atoms with Crippen LogP contribution < -0.4 is 0 Å². The van der Waals surface area contributed by atoms with Gasteiger partial charge in [-0.05, 0) is 23.8 Å². The molecule has 2 rings (SSSR count). The van der Waals surface area contributed by atoms with Crippen molar-refractivity contribution < 1.29 is 28.8 Å². The second-order valence-electron chi connectivity index (χ2n) is 4.99. The minimum atomic E-state index is -0.898. The molecule has 0 bridgehead atoms. The third-order valence-corrected chi connectivity index (χ3v) is 4.99. The number of carbonyl (C=O) groups is 4. The molecule has 1 aromatic rings. The van der Waals surface area contributed by atoms with Crippen molar-refractivity contribution in [3.8, 4) is 0 Å². The van der Waals surface area contributed by atoms with E-state index in [0.29, 0.717) is 25.6 Å². The van der Waals surface area contributed by atoms with Crippen molar-refractivity contribution >= 4 is 64.8 Å². The minimum absolute atomic E-state index is 0.0158. The highest BCUT2D eigenvalue weighted by Crippen LogP contribution is 2.33. The molecular weight excluding hydrogens is 405 g/mol. The second kappa shape index (κ2) is 9.07. The van der Waals surface area contributed by atoms with Crippen LogP contribution in [0.25, 0.3) is 6.08 Å². The number of imide groups is 1. The smallest absolute Gasteiger partial charge is 0.356 e. The van der Waals surface area contributed by atoms with Gasteiger partial charge in [-0.1, -0.05) is 23.2 Å². The van der Waals surface area contributed by atoms with Gasteiger partial charge in [0.15, 0.2) is 0 Å². The highest BCUT2D eigenvalue weighted by molar-refractivity contribution is 8.00. The number of amides is 2. The molecule has 1 heterocycles. The molecule has 0 N–H and O–H groups in total. The van der Waals surface area contributed by atoms with E-state index in [0.717, 1.165) is 17.8 Å². The molecule has 0 unspecified atom stereocenters. The first-order chi connectivity index (χ1) is 12.3. The summed E-state index contributed by atoms with van der Waals surface area (Å²) in [7, 11) is 1.29. The number of thioether (sulfide) groups is 1. The first-order valence-corrected chi connectivity index (χ1v) is 9.00. The zero-order valence-corrected chi connectivity index (χ0v) is 15.8. The van der Waals surface area contributed by atoms with E-state index >= 15 is 0 Å². The van der Waals surface area contributed by atoms with Gasteiger partial charge in [0.25, 0.3) is 11.8 Å². The number of hydrogen-bond acceptors (Lipinski definition) is 7. The highest BCUT2D eigenvalue weighted by atomic mass is 35.5. The van der Waals surface area contributed by atoms with Crippen LogP contribution in [0.3, 0.4) is 0 Å². The van der Waals surface area contributed by atoms with Gasteiger partial charge in [-0.2, -0.15) is 0 Å². The molecule has 1 saturated heterocycles. The monoisotopic (exact) mass is 417 g/mol. The SMILES string of the molecule is COC(=O)CSc1cc(Cl)c(/C=C/C(=O)ON2C(=O)CCC2=O)cc1Cl. The third-order valence-electron chi connectivity index (χ3n) is 3.21. The van der Waals surface area contributed by atoms with Crippen LogP contribution in [-0.2, 0) is 28.8 Å². The zero-order chi connectivity index (χ0) is 19.3. The van der Waals surface area contributed by atoms with Crippen LogP contribution in [0, 0.1) is 0 Å². The predicted molar refractivity (Wildman–Crippen MR) is 95.4 cm³/mol. The average Bonchev–Trinajstić information content (AvgIpc) is 2.92. The van der Waals surface area contributed by atoms with Crippen molar-refractivity contribution in [2.45, 2.75) is 17.7 Å². The molecule has 0 aliphatic carbocycles. The fourth-order valence-electron chi connectivity index (χ4n) is 1.91. The van der Waals surface area contributed by atoms with E-state index < -0.39 is 23.8 Å². The number of ether oxygens (including phenoxy) is 1. The van der Waals surface area contributed by atoms with Gasteiger partial charge in [0, 0.05) is 28.8 Å². The van der Waals surface area contributed by atoms with E-state index in [1.54, 1.807) is 6.07 Å². The quantitative estimate of drug-likeness (QED) is 0.304. The molecule has 26 heavy (non-hydrogen) atoms. The largest absolute Gasteiger partial charge is 0.468 e. The van der Waals surface area contributed by atoms with Gasteiger partial charge in [0.05, 0.1) is 17.9 Å². The van der Waals surface area contributed by atoms with E-state index in [2.05, 4.69) is 4.74 Å². The van der Waals surface area contributed by atoms with Crippen LogP contribution >= 0.6 is 35.0 Å². The standard InChI is InChI=1S/C16H13Cl2NO6S/c1-24-16(23)8-26-12-7-10(17)9(6-11(12)18)2-5-15(22)25-19-13(20)3-4-14(19)21/h2,5-7H,3-4,8H2,1H3/b5-2+. The molecule has 0 radical (unpaired) electrons. The molecule has 1 aliphatic heterocycles. The lowest BCUT2D eigenvalue weighted by atomic mass is 10.2. The number of carbonyl (C=O) groups excluding carboxylic acids is 4. The zero-order valence-electron chi connectivity index (χ0n) is 13.5. The maximum atomic E-state index is 11.8. The minimum Gasteiger partial charge on any atom is -0.468 e. The summed E-state index contributed by atoms with van der Waals surface area (Å²) in [4.78, 5) is 51.0. The van der Waals surface area contributed by atoms with E-state index in [9.17, 15) is 19.2 Å². The van der Waals surface area contributed by atoms with E-state index in [-0.39, 0.29) is 18.6 Å². The molecule has 0 spiro atoms. The maximum Gasteiger partial charge on any atom is 0.356 e. The molecule has 10 heteroatoms. The molecule has 0 saturated carbocycles. The van der Waals surface area contributed by atoms with Crippen LogP contribution in [-0.4, -0.2) is 41.7 Å². The Hall–Kier alpha value is -2.03. The first kappa shape index (κ1) is 20.3. The average molecular weight is 418 g/mol. The molecule has 0 atom stereocenters. The topological polar surface area (TPSA) is 90.0 Å². The van der Waals surface area contributed by atoms with Crippen LogP contribution in [0.15, 0.2) is 23.1 Å². The van der Waals surface area contributed by atoms with E-state index in [4.69, 9.17) is 28.0 Å². The lowest BCUT2D eigenvalue weighted by Gasteiger charge is -2.10. The highest BCUT2D eigenvalue weighted by Gasteiger charge is 2.32. The molecule has 2 amide bonds. The van der Waals surface area contributed by atoms with Gasteiger partial charge in [-0.25, -0.2) is 4.79 Å². The van der Waals surface area contributed by atoms with Crippen LogP contribution in [0.5, 0.6) is 0 Å². The number of rotatable bonds is 6. The van der Waals surface area contributed by atoms with E-state index in [1.165, 1.54) is 19.3 Å². The third kappa shape index (κ3) is 5.23. The van der Waals surface area contributed by atoms with Crippen molar-refractivity contribution in [3.05, 3.63) is 33.8 Å². The van der Waals surface area contributed by atoms with Crippen molar-refractivity contribution in [3.63, 3.8) is 0 Å². The van der Waals surface area contributed by atoms with Crippen molar-refractivity contribution in [2.24, 2.45) is 0 Å². The number of benzene rings is 1. The van der Waals surface area contributed by atoms with Gasteiger partial charge < -0.3 is 9.57 Å². The summed E-state index contributed by atoms with van der Waals surface area (Å²) in [5.74, 6) is -2.36. The fourth-order valence-corrected chi connectivity index (χ4v) is 3.33. The molecular formula is C16H13Cl2NO6S. The summed E-state index contributed by atoms with van der Waals surface area (Å²) in [5, 5.41) is 1.08. The lowest BCUT2D eigenvalue weighted by molar-refractivity contribution is -0.193. The first-order valence-electron chi connectivity index (χ1n) is 7.26. The van der Waals surface area contributed by atoms with Crippen LogP contribution in [0.4, 0.5) is 0 Å². The number of esters is 1. The second-order valence-corrected chi connectivity index (χ2v) is 6.83. The van der Waals surface area contributed by atoms with E-state index in [1.807, 2.05) is 0 Å².